The number of aromatic nitrogens is 1. The van der Waals surface area contributed by atoms with E-state index in [9.17, 15) is 14.0 Å². The third kappa shape index (κ3) is 3.72. The van der Waals surface area contributed by atoms with E-state index in [4.69, 9.17) is 0 Å². The van der Waals surface area contributed by atoms with Crippen LogP contribution in [0.5, 0.6) is 0 Å². The first kappa shape index (κ1) is 16.4. The fourth-order valence-electron chi connectivity index (χ4n) is 3.30. The number of piperidine rings is 1. The lowest BCUT2D eigenvalue weighted by Crippen LogP contribution is -2.39. The van der Waals surface area contributed by atoms with E-state index < -0.39 is 0 Å². The normalized spacial score (nSPS) is 17.7. The van der Waals surface area contributed by atoms with Gasteiger partial charge in [0.2, 0.25) is 5.91 Å². The summed E-state index contributed by atoms with van der Waals surface area (Å²) in [6.07, 6.45) is 4.80. The van der Waals surface area contributed by atoms with Crippen molar-refractivity contribution in [2.75, 3.05) is 6.54 Å². The second-order valence-corrected chi connectivity index (χ2v) is 6.14. The van der Waals surface area contributed by atoms with Gasteiger partial charge in [-0.3, -0.25) is 9.59 Å². The van der Waals surface area contributed by atoms with Gasteiger partial charge < -0.3 is 9.47 Å². The maximum atomic E-state index is 13.5. The van der Waals surface area contributed by atoms with Crippen molar-refractivity contribution < 1.29 is 9.18 Å². The number of rotatable bonds is 4. The molecule has 0 saturated carbocycles. The fraction of sp³-hybridized carbons (Fsp3) is 0.368. The molecule has 2 aromatic rings. The molecule has 4 nitrogen and oxygen atoms in total. The predicted octanol–water partition coefficient (Wildman–Crippen LogP) is 3.13. The number of amides is 1. The molecule has 1 fully saturated rings. The Bertz CT molecular complexity index is 772. The number of benzene rings is 1. The molecule has 1 amide bonds. The molecule has 126 valence electrons. The third-order valence-electron chi connectivity index (χ3n) is 4.52. The van der Waals surface area contributed by atoms with Crippen LogP contribution in [0.1, 0.15) is 37.3 Å². The lowest BCUT2D eigenvalue weighted by Gasteiger charge is -2.36. The van der Waals surface area contributed by atoms with Crippen molar-refractivity contribution >= 4 is 5.91 Å². The molecule has 0 bridgehead atoms. The Kier molecular flexibility index (Phi) is 5.08. The molecule has 1 aliphatic heterocycles. The summed E-state index contributed by atoms with van der Waals surface area (Å²) in [4.78, 5) is 26.2. The first-order valence-corrected chi connectivity index (χ1v) is 8.35. The molecular weight excluding hydrogens is 307 g/mol. The molecule has 2 heterocycles. The van der Waals surface area contributed by atoms with Crippen LogP contribution in [0.2, 0.25) is 0 Å². The van der Waals surface area contributed by atoms with Crippen LogP contribution in [0.4, 0.5) is 4.39 Å². The van der Waals surface area contributed by atoms with Crippen molar-refractivity contribution in [2.24, 2.45) is 0 Å². The average molecular weight is 328 g/mol. The SMILES string of the molecule is O=C(CCn1ccccc1=O)N1CCCC[C@@H]1c1cccc(F)c1. The van der Waals surface area contributed by atoms with Gasteiger partial charge in [0.15, 0.2) is 0 Å². The van der Waals surface area contributed by atoms with Crippen LogP contribution in [-0.2, 0) is 11.3 Å². The highest BCUT2D eigenvalue weighted by Crippen LogP contribution is 2.31. The van der Waals surface area contributed by atoms with Crippen LogP contribution in [0, 0.1) is 5.82 Å². The number of pyridine rings is 1. The number of carbonyl (C=O) groups excluding carboxylic acids is 1. The van der Waals surface area contributed by atoms with Crippen LogP contribution < -0.4 is 5.56 Å². The molecule has 1 atom stereocenters. The summed E-state index contributed by atoms with van der Waals surface area (Å²) >= 11 is 0. The van der Waals surface area contributed by atoms with Gasteiger partial charge in [0, 0.05) is 31.8 Å². The largest absolute Gasteiger partial charge is 0.336 e. The number of aryl methyl sites for hydroxylation is 1. The molecule has 1 aliphatic rings. The molecule has 0 radical (unpaired) electrons. The van der Waals surface area contributed by atoms with Crippen LogP contribution in [-0.4, -0.2) is 21.9 Å². The Morgan fingerprint density at radius 2 is 2.04 bits per heavy atom. The van der Waals surface area contributed by atoms with Crippen molar-refractivity contribution in [3.05, 3.63) is 70.4 Å². The van der Waals surface area contributed by atoms with E-state index in [1.54, 1.807) is 29.0 Å². The standard InChI is InChI=1S/C19H21FN2O2/c20-16-7-5-6-15(14-16)17-8-1-4-12-22(17)19(24)10-13-21-11-3-2-9-18(21)23/h2-3,5-7,9,11,14,17H,1,4,8,10,12-13H2/t17-/m1/s1. The zero-order valence-electron chi connectivity index (χ0n) is 13.5. The van der Waals surface area contributed by atoms with Crippen molar-refractivity contribution in [1.29, 1.82) is 0 Å². The van der Waals surface area contributed by atoms with Crippen molar-refractivity contribution in [2.45, 2.75) is 38.3 Å². The third-order valence-corrected chi connectivity index (χ3v) is 4.52. The Morgan fingerprint density at radius 3 is 2.83 bits per heavy atom. The summed E-state index contributed by atoms with van der Waals surface area (Å²) < 4.78 is 15.1. The Morgan fingerprint density at radius 1 is 1.17 bits per heavy atom. The molecule has 0 spiro atoms. The quantitative estimate of drug-likeness (QED) is 0.865. The van der Waals surface area contributed by atoms with Crippen LogP contribution in [0.15, 0.2) is 53.5 Å². The van der Waals surface area contributed by atoms with Gasteiger partial charge in [-0.15, -0.1) is 0 Å². The topological polar surface area (TPSA) is 42.3 Å². The van der Waals surface area contributed by atoms with Gasteiger partial charge in [-0.2, -0.15) is 0 Å². The molecular formula is C19H21FN2O2. The van der Waals surface area contributed by atoms with E-state index in [2.05, 4.69) is 0 Å². The second-order valence-electron chi connectivity index (χ2n) is 6.14. The van der Waals surface area contributed by atoms with E-state index in [0.717, 1.165) is 24.8 Å². The number of halogens is 1. The minimum absolute atomic E-state index is 0.0136. The molecule has 5 heteroatoms. The van der Waals surface area contributed by atoms with E-state index in [1.165, 1.54) is 18.2 Å². The number of carbonyl (C=O) groups is 1. The maximum absolute atomic E-state index is 13.5. The number of hydrogen-bond acceptors (Lipinski definition) is 2. The number of likely N-dealkylation sites (tertiary alicyclic amines) is 1. The molecule has 0 N–H and O–H groups in total. The summed E-state index contributed by atoms with van der Waals surface area (Å²) in [5.41, 5.74) is 0.741. The maximum Gasteiger partial charge on any atom is 0.250 e. The van der Waals surface area contributed by atoms with Crippen molar-refractivity contribution in [1.82, 2.24) is 9.47 Å². The molecule has 3 rings (SSSR count). The smallest absolute Gasteiger partial charge is 0.250 e. The Hall–Kier alpha value is -2.43. The van der Waals surface area contributed by atoms with Gasteiger partial charge in [0.05, 0.1) is 6.04 Å². The van der Waals surface area contributed by atoms with Gasteiger partial charge in [-0.1, -0.05) is 18.2 Å². The minimum Gasteiger partial charge on any atom is -0.336 e. The van der Waals surface area contributed by atoms with Gasteiger partial charge in [0.25, 0.3) is 5.56 Å². The van der Waals surface area contributed by atoms with Crippen LogP contribution in [0.25, 0.3) is 0 Å². The fourth-order valence-corrected chi connectivity index (χ4v) is 3.30. The molecule has 0 aliphatic carbocycles. The summed E-state index contributed by atoms with van der Waals surface area (Å²) in [6, 6.07) is 11.4. The van der Waals surface area contributed by atoms with E-state index in [-0.39, 0.29) is 29.7 Å². The Labute approximate surface area is 140 Å². The van der Waals surface area contributed by atoms with Crippen LogP contribution in [0.3, 0.4) is 0 Å². The van der Waals surface area contributed by atoms with Crippen molar-refractivity contribution in [3.8, 4) is 0 Å². The second kappa shape index (κ2) is 7.43. The monoisotopic (exact) mass is 328 g/mol. The van der Waals surface area contributed by atoms with Crippen molar-refractivity contribution in [3.63, 3.8) is 0 Å². The van der Waals surface area contributed by atoms with Gasteiger partial charge in [0.1, 0.15) is 5.82 Å². The summed E-state index contributed by atoms with van der Waals surface area (Å²) in [7, 11) is 0. The molecule has 0 unspecified atom stereocenters. The van der Waals surface area contributed by atoms with Gasteiger partial charge in [-0.25, -0.2) is 4.39 Å². The van der Waals surface area contributed by atoms with E-state index >= 15 is 0 Å². The lowest BCUT2D eigenvalue weighted by atomic mass is 9.95. The summed E-state index contributed by atoms with van der Waals surface area (Å²) in [5, 5.41) is 0. The zero-order valence-corrected chi connectivity index (χ0v) is 13.5. The highest BCUT2D eigenvalue weighted by Gasteiger charge is 2.27. The minimum atomic E-state index is -0.277. The van der Waals surface area contributed by atoms with Crippen LogP contribution >= 0.6 is 0 Å². The van der Waals surface area contributed by atoms with E-state index in [0.29, 0.717) is 13.1 Å². The number of nitrogens with zero attached hydrogens (tertiary/aromatic N) is 2. The summed E-state index contributed by atoms with van der Waals surface area (Å²) in [6.45, 7) is 1.05. The first-order chi connectivity index (χ1) is 11.6. The lowest BCUT2D eigenvalue weighted by molar-refractivity contribution is -0.135. The first-order valence-electron chi connectivity index (χ1n) is 8.35. The highest BCUT2D eigenvalue weighted by molar-refractivity contribution is 5.76. The van der Waals surface area contributed by atoms with E-state index in [1.807, 2.05) is 11.0 Å². The zero-order chi connectivity index (χ0) is 16.9. The van der Waals surface area contributed by atoms with Gasteiger partial charge >= 0.3 is 0 Å². The molecule has 24 heavy (non-hydrogen) atoms. The molecule has 1 saturated heterocycles. The average Bonchev–Trinajstić information content (AvgIpc) is 2.61. The summed E-state index contributed by atoms with van der Waals surface area (Å²) in [5.74, 6) is -0.263. The molecule has 1 aromatic heterocycles. The van der Waals surface area contributed by atoms with Gasteiger partial charge in [-0.05, 0) is 43.0 Å². The number of hydrogen-bond donors (Lipinski definition) is 0. The molecule has 1 aromatic carbocycles. The Balaban J connectivity index is 1.72. The predicted molar refractivity (Wildman–Crippen MR) is 90.0 cm³/mol. The highest BCUT2D eigenvalue weighted by atomic mass is 19.1.